The molecule has 0 amide bonds. The molecule has 0 fully saturated rings. The third kappa shape index (κ3) is 9.03. The zero-order valence-electron chi connectivity index (χ0n) is 8.58. The number of unbranched alkanes of at least 4 members (excludes halogenated alkanes) is 4. The van der Waals surface area contributed by atoms with Gasteiger partial charge in [-0.3, -0.25) is 4.79 Å². The highest BCUT2D eigenvalue weighted by atomic mass is 16.5. The quantitative estimate of drug-likeness (QED) is 0.427. The predicted molar refractivity (Wildman–Crippen MR) is 49.3 cm³/mol. The van der Waals surface area contributed by atoms with Gasteiger partial charge >= 0.3 is 5.97 Å². The van der Waals surface area contributed by atoms with Crippen LogP contribution in [0.1, 0.15) is 45.4 Å². The lowest BCUT2D eigenvalue weighted by Crippen LogP contribution is -2.28. The summed E-state index contributed by atoms with van der Waals surface area (Å²) in [6, 6.07) is 0. The largest absolute Gasteiger partial charge is 0.546 e. The molecule has 0 N–H and O–H groups in total. The van der Waals surface area contributed by atoms with Crippen LogP contribution in [-0.4, -0.2) is 18.5 Å². The van der Waals surface area contributed by atoms with Crippen molar-refractivity contribution in [1.29, 1.82) is 0 Å². The van der Waals surface area contributed by atoms with Gasteiger partial charge in [0.15, 0.2) is 0 Å². The van der Waals surface area contributed by atoms with Crippen LogP contribution in [0.2, 0.25) is 0 Å². The van der Waals surface area contributed by atoms with E-state index in [1.807, 2.05) is 0 Å². The first kappa shape index (κ1) is 12.9. The molecule has 0 unspecified atom stereocenters. The van der Waals surface area contributed by atoms with Crippen LogP contribution < -0.4 is 5.11 Å². The van der Waals surface area contributed by atoms with Crippen molar-refractivity contribution in [3.05, 3.63) is 0 Å². The van der Waals surface area contributed by atoms with E-state index in [4.69, 9.17) is 0 Å². The molecule has 0 atom stereocenters. The van der Waals surface area contributed by atoms with Gasteiger partial charge in [0.25, 0.3) is 0 Å². The third-order valence-corrected chi connectivity index (χ3v) is 1.84. The van der Waals surface area contributed by atoms with Crippen LogP contribution in [0.15, 0.2) is 0 Å². The van der Waals surface area contributed by atoms with Crippen LogP contribution in [-0.2, 0) is 14.3 Å². The first-order valence-corrected chi connectivity index (χ1v) is 5.02. The van der Waals surface area contributed by atoms with Gasteiger partial charge in [0.1, 0.15) is 6.61 Å². The Hall–Kier alpha value is -1.06. The Bertz CT molecular complexity index is 177. The molecule has 0 aliphatic carbocycles. The summed E-state index contributed by atoms with van der Waals surface area (Å²) in [5.41, 5.74) is 0. The first-order valence-electron chi connectivity index (χ1n) is 5.02. The van der Waals surface area contributed by atoms with E-state index >= 15 is 0 Å². The normalized spacial score (nSPS) is 9.79. The molecule has 0 rings (SSSR count). The summed E-state index contributed by atoms with van der Waals surface area (Å²) in [6.45, 7) is 1.49. The molecule has 0 spiro atoms. The van der Waals surface area contributed by atoms with Crippen LogP contribution in [0.25, 0.3) is 0 Å². The smallest absolute Gasteiger partial charge is 0.306 e. The zero-order chi connectivity index (χ0) is 10.8. The van der Waals surface area contributed by atoms with Gasteiger partial charge in [-0.2, -0.15) is 0 Å². The van der Waals surface area contributed by atoms with Crippen molar-refractivity contribution in [1.82, 2.24) is 0 Å². The molecule has 0 aromatic carbocycles. The molecule has 4 heteroatoms. The fourth-order valence-corrected chi connectivity index (χ4v) is 1.08. The maximum Gasteiger partial charge on any atom is 0.306 e. The van der Waals surface area contributed by atoms with Crippen molar-refractivity contribution >= 4 is 11.9 Å². The lowest BCUT2D eigenvalue weighted by Gasteiger charge is -2.04. The highest BCUT2D eigenvalue weighted by molar-refractivity contribution is 5.74. The highest BCUT2D eigenvalue weighted by Gasteiger charge is 2.01. The van der Waals surface area contributed by atoms with Crippen molar-refractivity contribution in [3.8, 4) is 0 Å². The summed E-state index contributed by atoms with van der Waals surface area (Å²) in [7, 11) is 0. The summed E-state index contributed by atoms with van der Waals surface area (Å²) in [4.78, 5) is 20.8. The van der Waals surface area contributed by atoms with Gasteiger partial charge in [-0.1, -0.05) is 32.6 Å². The third-order valence-electron chi connectivity index (χ3n) is 1.84. The summed E-state index contributed by atoms with van der Waals surface area (Å²) in [6.07, 6.45) is 5.52. The second-order valence-electron chi connectivity index (χ2n) is 3.20. The summed E-state index contributed by atoms with van der Waals surface area (Å²) < 4.78 is 4.41. The molecular formula is C10H17O4-. The number of aliphatic carboxylic acids is 1. The number of carboxylic acid groups (broad SMARTS) is 1. The van der Waals surface area contributed by atoms with E-state index in [1.54, 1.807) is 0 Å². The molecule has 82 valence electrons. The average molecular weight is 201 g/mol. The van der Waals surface area contributed by atoms with Crippen molar-refractivity contribution < 1.29 is 19.4 Å². The topological polar surface area (TPSA) is 66.4 Å². The molecule has 0 aliphatic heterocycles. The molecule has 0 heterocycles. The lowest BCUT2D eigenvalue weighted by atomic mass is 10.1. The van der Waals surface area contributed by atoms with E-state index in [0.29, 0.717) is 6.42 Å². The standard InChI is InChI=1S/C10H18O4/c1-2-3-4-5-6-7-10(13)14-8-9(11)12/h2-8H2,1H3,(H,11,12)/p-1. The number of ether oxygens (including phenoxy) is 1. The Labute approximate surface area is 84.3 Å². The number of carboxylic acids is 1. The van der Waals surface area contributed by atoms with Crippen LogP contribution in [0.5, 0.6) is 0 Å². The minimum atomic E-state index is -1.36. The Balaban J connectivity index is 3.22. The number of hydrogen-bond donors (Lipinski definition) is 0. The summed E-state index contributed by atoms with van der Waals surface area (Å²) in [5, 5.41) is 9.93. The second kappa shape index (κ2) is 8.53. The van der Waals surface area contributed by atoms with Crippen molar-refractivity contribution in [3.63, 3.8) is 0 Å². The molecular weight excluding hydrogens is 184 g/mol. The minimum absolute atomic E-state index is 0.303. The summed E-state index contributed by atoms with van der Waals surface area (Å²) >= 11 is 0. The zero-order valence-corrected chi connectivity index (χ0v) is 8.58. The Morgan fingerprint density at radius 2 is 1.79 bits per heavy atom. The molecule has 0 aromatic heterocycles. The molecule has 0 aliphatic rings. The fourth-order valence-electron chi connectivity index (χ4n) is 1.08. The van der Waals surface area contributed by atoms with E-state index in [-0.39, 0.29) is 0 Å². The first-order chi connectivity index (χ1) is 6.66. The Morgan fingerprint density at radius 3 is 2.36 bits per heavy atom. The van der Waals surface area contributed by atoms with E-state index in [9.17, 15) is 14.7 Å². The van der Waals surface area contributed by atoms with Gasteiger partial charge in [0, 0.05) is 6.42 Å². The number of carbonyl (C=O) groups is 2. The highest BCUT2D eigenvalue weighted by Crippen LogP contribution is 2.05. The van der Waals surface area contributed by atoms with Crippen LogP contribution in [0.4, 0.5) is 0 Å². The van der Waals surface area contributed by atoms with Crippen molar-refractivity contribution in [2.45, 2.75) is 45.4 Å². The number of esters is 1. The predicted octanol–water partition coefficient (Wildman–Crippen LogP) is 0.640. The lowest BCUT2D eigenvalue weighted by molar-refractivity contribution is -0.308. The maximum atomic E-state index is 10.9. The molecule has 0 radical (unpaired) electrons. The second-order valence-corrected chi connectivity index (χ2v) is 3.20. The fraction of sp³-hybridized carbons (Fsp3) is 0.800. The monoisotopic (exact) mass is 201 g/mol. The Kier molecular flexibility index (Phi) is 7.89. The number of hydrogen-bond acceptors (Lipinski definition) is 4. The van der Waals surface area contributed by atoms with Crippen LogP contribution in [0, 0.1) is 0 Å². The molecule has 4 nitrogen and oxygen atoms in total. The van der Waals surface area contributed by atoms with Gasteiger partial charge in [-0.25, -0.2) is 0 Å². The van der Waals surface area contributed by atoms with Crippen LogP contribution >= 0.6 is 0 Å². The van der Waals surface area contributed by atoms with Crippen molar-refractivity contribution in [2.24, 2.45) is 0 Å². The maximum absolute atomic E-state index is 10.9. The average Bonchev–Trinajstić information content (AvgIpc) is 2.14. The molecule has 0 saturated carbocycles. The molecule has 0 aromatic rings. The van der Waals surface area contributed by atoms with E-state index in [2.05, 4.69) is 11.7 Å². The van der Waals surface area contributed by atoms with Gasteiger partial charge in [-0.15, -0.1) is 0 Å². The van der Waals surface area contributed by atoms with E-state index < -0.39 is 18.5 Å². The van der Waals surface area contributed by atoms with Gasteiger partial charge in [0.05, 0.1) is 5.97 Å². The molecule has 0 bridgehead atoms. The van der Waals surface area contributed by atoms with Gasteiger partial charge in [0.2, 0.25) is 0 Å². The van der Waals surface area contributed by atoms with Crippen molar-refractivity contribution in [2.75, 3.05) is 6.61 Å². The Morgan fingerprint density at radius 1 is 1.14 bits per heavy atom. The molecule has 14 heavy (non-hydrogen) atoms. The number of carbonyl (C=O) groups excluding carboxylic acids is 2. The summed E-state index contributed by atoms with van der Waals surface area (Å²) in [5.74, 6) is -1.81. The van der Waals surface area contributed by atoms with E-state index in [1.165, 1.54) is 6.42 Å². The number of rotatable bonds is 8. The van der Waals surface area contributed by atoms with Gasteiger partial charge < -0.3 is 14.6 Å². The minimum Gasteiger partial charge on any atom is -0.546 e. The molecule has 0 saturated heterocycles. The van der Waals surface area contributed by atoms with Crippen LogP contribution in [0.3, 0.4) is 0 Å². The van der Waals surface area contributed by atoms with Gasteiger partial charge in [-0.05, 0) is 6.42 Å². The van der Waals surface area contributed by atoms with E-state index in [0.717, 1.165) is 25.7 Å². The SMILES string of the molecule is CCCCCCCC(=O)OCC(=O)[O-].